The molecule has 0 amide bonds. The number of aliphatic hydroxyl groups excluding tert-OH is 1. The summed E-state index contributed by atoms with van der Waals surface area (Å²) in [5, 5.41) is 10.6. The van der Waals surface area contributed by atoms with Gasteiger partial charge in [0.15, 0.2) is 0 Å². The van der Waals surface area contributed by atoms with Crippen molar-refractivity contribution >= 4 is 5.82 Å². The maximum absolute atomic E-state index is 10.6. The summed E-state index contributed by atoms with van der Waals surface area (Å²) in [6.45, 7) is 2.82. The molecule has 0 unspecified atom stereocenters. The van der Waals surface area contributed by atoms with Crippen molar-refractivity contribution in [3.63, 3.8) is 0 Å². The second-order valence-electron chi connectivity index (χ2n) is 6.05. The Balaban J connectivity index is 1.79. The van der Waals surface area contributed by atoms with Crippen LogP contribution in [0.1, 0.15) is 28.4 Å². The van der Waals surface area contributed by atoms with E-state index in [-0.39, 0.29) is 0 Å². The Bertz CT molecular complexity index is 787. The lowest BCUT2D eigenvalue weighted by Crippen LogP contribution is -2.18. The molecule has 0 fully saturated rings. The molecule has 3 nitrogen and oxygen atoms in total. The number of aliphatic hydroxyl groups is 1. The van der Waals surface area contributed by atoms with E-state index in [2.05, 4.69) is 22.0 Å². The van der Waals surface area contributed by atoms with Crippen LogP contribution in [-0.2, 0) is 6.54 Å². The van der Waals surface area contributed by atoms with Gasteiger partial charge in [-0.25, -0.2) is 4.98 Å². The third kappa shape index (κ3) is 3.63. The molecule has 0 aliphatic heterocycles. The van der Waals surface area contributed by atoms with Crippen molar-refractivity contribution in [2.24, 2.45) is 0 Å². The third-order valence-electron chi connectivity index (χ3n) is 4.20. The zero-order valence-corrected chi connectivity index (χ0v) is 14.1. The number of pyridine rings is 1. The number of aromatic nitrogens is 1. The standard InChI is InChI=1S/C21H22N2O/c1-16-13-20(23(2)15-17-9-5-3-6-10-17)22-14-19(16)21(24)18-11-7-4-8-12-18/h3-14,21,24H,15H2,1-2H3/t21-/m0/s1. The molecule has 1 aromatic heterocycles. The van der Waals surface area contributed by atoms with Crippen LogP contribution in [0.2, 0.25) is 0 Å². The van der Waals surface area contributed by atoms with Crippen LogP contribution in [0.5, 0.6) is 0 Å². The molecule has 1 N–H and O–H groups in total. The Morgan fingerprint density at radius 3 is 2.25 bits per heavy atom. The highest BCUT2D eigenvalue weighted by Gasteiger charge is 2.14. The maximum atomic E-state index is 10.6. The minimum absolute atomic E-state index is 0.646. The van der Waals surface area contributed by atoms with Gasteiger partial charge in [0, 0.05) is 25.4 Å². The second kappa shape index (κ2) is 7.28. The summed E-state index contributed by atoms with van der Waals surface area (Å²) >= 11 is 0. The van der Waals surface area contributed by atoms with Gasteiger partial charge in [-0.15, -0.1) is 0 Å². The molecule has 0 bridgehead atoms. The highest BCUT2D eigenvalue weighted by atomic mass is 16.3. The van der Waals surface area contributed by atoms with Crippen molar-refractivity contribution in [1.82, 2.24) is 4.98 Å². The molecule has 0 aliphatic rings. The molecule has 0 saturated carbocycles. The van der Waals surface area contributed by atoms with Crippen LogP contribution in [0, 0.1) is 6.92 Å². The quantitative estimate of drug-likeness (QED) is 0.769. The van der Waals surface area contributed by atoms with Crippen LogP contribution < -0.4 is 4.90 Å². The number of anilines is 1. The molecule has 0 radical (unpaired) electrons. The van der Waals surface area contributed by atoms with Crippen molar-refractivity contribution in [2.75, 3.05) is 11.9 Å². The Hall–Kier alpha value is -2.65. The average Bonchev–Trinajstić information content (AvgIpc) is 2.62. The third-order valence-corrected chi connectivity index (χ3v) is 4.20. The molecule has 24 heavy (non-hydrogen) atoms. The highest BCUT2D eigenvalue weighted by Crippen LogP contribution is 2.26. The van der Waals surface area contributed by atoms with Gasteiger partial charge in [0.2, 0.25) is 0 Å². The van der Waals surface area contributed by atoms with E-state index in [0.29, 0.717) is 0 Å². The number of hydrogen-bond donors (Lipinski definition) is 1. The smallest absolute Gasteiger partial charge is 0.128 e. The summed E-state index contributed by atoms with van der Waals surface area (Å²) < 4.78 is 0. The lowest BCUT2D eigenvalue weighted by Gasteiger charge is -2.21. The van der Waals surface area contributed by atoms with E-state index >= 15 is 0 Å². The van der Waals surface area contributed by atoms with Crippen molar-refractivity contribution in [3.05, 3.63) is 95.2 Å². The molecule has 0 saturated heterocycles. The normalized spacial score (nSPS) is 12.0. The van der Waals surface area contributed by atoms with Gasteiger partial charge in [0.05, 0.1) is 0 Å². The first-order valence-electron chi connectivity index (χ1n) is 8.10. The molecular weight excluding hydrogens is 296 g/mol. The van der Waals surface area contributed by atoms with Gasteiger partial charge in [0.1, 0.15) is 11.9 Å². The Kier molecular flexibility index (Phi) is 4.92. The fraction of sp³-hybridized carbons (Fsp3) is 0.190. The summed E-state index contributed by atoms with van der Waals surface area (Å²) in [6.07, 6.45) is 1.14. The first-order chi connectivity index (χ1) is 11.6. The van der Waals surface area contributed by atoms with Gasteiger partial charge < -0.3 is 10.0 Å². The van der Waals surface area contributed by atoms with Gasteiger partial charge in [-0.3, -0.25) is 0 Å². The van der Waals surface area contributed by atoms with E-state index in [9.17, 15) is 5.11 Å². The fourth-order valence-corrected chi connectivity index (χ4v) is 2.80. The number of hydrogen-bond acceptors (Lipinski definition) is 3. The first-order valence-corrected chi connectivity index (χ1v) is 8.10. The van der Waals surface area contributed by atoms with Gasteiger partial charge in [-0.05, 0) is 29.7 Å². The average molecular weight is 318 g/mol. The Morgan fingerprint density at radius 1 is 1.00 bits per heavy atom. The monoisotopic (exact) mass is 318 g/mol. The van der Waals surface area contributed by atoms with Crippen LogP contribution >= 0.6 is 0 Å². The van der Waals surface area contributed by atoms with Gasteiger partial charge in [-0.1, -0.05) is 60.7 Å². The highest BCUT2D eigenvalue weighted by molar-refractivity contribution is 5.45. The molecule has 122 valence electrons. The predicted molar refractivity (Wildman–Crippen MR) is 98.0 cm³/mol. The molecule has 0 aliphatic carbocycles. The Morgan fingerprint density at radius 2 is 1.62 bits per heavy atom. The summed E-state index contributed by atoms with van der Waals surface area (Å²) in [6, 6.07) is 22.0. The van der Waals surface area contributed by atoms with Crippen molar-refractivity contribution in [2.45, 2.75) is 19.6 Å². The molecule has 2 aromatic carbocycles. The lowest BCUT2D eigenvalue weighted by atomic mass is 9.99. The van der Waals surface area contributed by atoms with E-state index in [1.54, 1.807) is 6.20 Å². The van der Waals surface area contributed by atoms with Crippen molar-refractivity contribution in [3.8, 4) is 0 Å². The first kappa shape index (κ1) is 16.2. The molecule has 3 heteroatoms. The summed E-state index contributed by atoms with van der Waals surface area (Å²) in [5.41, 5.74) is 4.01. The van der Waals surface area contributed by atoms with Crippen molar-refractivity contribution in [1.29, 1.82) is 0 Å². The minimum atomic E-state index is -0.646. The Labute approximate surface area is 143 Å². The summed E-state index contributed by atoms with van der Waals surface area (Å²) in [4.78, 5) is 6.66. The summed E-state index contributed by atoms with van der Waals surface area (Å²) in [7, 11) is 2.03. The van der Waals surface area contributed by atoms with Crippen LogP contribution in [0.3, 0.4) is 0 Å². The van der Waals surface area contributed by atoms with Gasteiger partial charge >= 0.3 is 0 Å². The number of rotatable bonds is 5. The molecular formula is C21H22N2O. The topological polar surface area (TPSA) is 36.4 Å². The van der Waals surface area contributed by atoms with E-state index in [0.717, 1.165) is 29.1 Å². The molecule has 3 aromatic rings. The van der Waals surface area contributed by atoms with Gasteiger partial charge in [0.25, 0.3) is 0 Å². The SMILES string of the molecule is Cc1cc(N(C)Cc2ccccc2)ncc1[C@@H](O)c1ccccc1. The number of aryl methyl sites for hydroxylation is 1. The van der Waals surface area contributed by atoms with E-state index in [1.165, 1.54) is 5.56 Å². The number of benzene rings is 2. The van der Waals surface area contributed by atoms with E-state index in [4.69, 9.17) is 0 Å². The molecule has 1 atom stereocenters. The van der Waals surface area contributed by atoms with Crippen LogP contribution in [-0.4, -0.2) is 17.1 Å². The molecule has 0 spiro atoms. The minimum Gasteiger partial charge on any atom is -0.384 e. The van der Waals surface area contributed by atoms with E-state index in [1.807, 2.05) is 68.6 Å². The predicted octanol–water partition coefficient (Wildman–Crippen LogP) is 4.11. The number of nitrogens with zero attached hydrogens (tertiary/aromatic N) is 2. The van der Waals surface area contributed by atoms with Crippen LogP contribution in [0.25, 0.3) is 0 Å². The van der Waals surface area contributed by atoms with E-state index < -0.39 is 6.10 Å². The zero-order chi connectivity index (χ0) is 16.9. The molecule has 3 rings (SSSR count). The van der Waals surface area contributed by atoms with Crippen molar-refractivity contribution < 1.29 is 5.11 Å². The van der Waals surface area contributed by atoms with Crippen LogP contribution in [0.15, 0.2) is 72.9 Å². The fourth-order valence-electron chi connectivity index (χ4n) is 2.80. The van der Waals surface area contributed by atoms with Gasteiger partial charge in [-0.2, -0.15) is 0 Å². The van der Waals surface area contributed by atoms with Crippen LogP contribution in [0.4, 0.5) is 5.82 Å². The summed E-state index contributed by atoms with van der Waals surface area (Å²) in [5.74, 6) is 0.903. The second-order valence-corrected chi connectivity index (χ2v) is 6.05. The molecule has 1 heterocycles. The maximum Gasteiger partial charge on any atom is 0.128 e. The lowest BCUT2D eigenvalue weighted by molar-refractivity contribution is 0.219. The zero-order valence-electron chi connectivity index (χ0n) is 14.1. The largest absolute Gasteiger partial charge is 0.384 e.